The molecule has 100 valence electrons. The Labute approximate surface area is 114 Å². The predicted molar refractivity (Wildman–Crippen MR) is 70.6 cm³/mol. The highest BCUT2D eigenvalue weighted by molar-refractivity contribution is 9.10. The van der Waals surface area contributed by atoms with Crippen LogP contribution in [0.5, 0.6) is 0 Å². The highest BCUT2D eigenvalue weighted by Crippen LogP contribution is 2.27. The molecule has 1 aromatic rings. The van der Waals surface area contributed by atoms with E-state index in [2.05, 4.69) is 15.9 Å². The fourth-order valence-electron chi connectivity index (χ4n) is 2.23. The summed E-state index contributed by atoms with van der Waals surface area (Å²) in [6.45, 7) is 0. The second-order valence-corrected chi connectivity index (χ2v) is 7.67. The average molecular weight is 337 g/mol. The number of aliphatic hydroxyl groups excluding tert-OH is 1. The minimum atomic E-state index is -3.00. The Balaban J connectivity index is 2.08. The van der Waals surface area contributed by atoms with Gasteiger partial charge in [-0.1, -0.05) is 12.1 Å². The van der Waals surface area contributed by atoms with Crippen molar-refractivity contribution in [3.63, 3.8) is 0 Å². The van der Waals surface area contributed by atoms with Gasteiger partial charge in [-0.2, -0.15) is 0 Å². The van der Waals surface area contributed by atoms with Crippen molar-refractivity contribution in [2.75, 3.05) is 11.5 Å². The third kappa shape index (κ3) is 3.10. The normalized spacial score (nSPS) is 24.1. The lowest BCUT2D eigenvalue weighted by Gasteiger charge is -2.17. The van der Waals surface area contributed by atoms with E-state index >= 15 is 0 Å². The van der Waals surface area contributed by atoms with Crippen LogP contribution in [0.25, 0.3) is 0 Å². The highest BCUT2D eigenvalue weighted by atomic mass is 79.9. The topological polar surface area (TPSA) is 54.4 Å². The van der Waals surface area contributed by atoms with E-state index in [1.807, 2.05) is 0 Å². The predicted octanol–water partition coefficient (Wildman–Crippen LogP) is 1.93. The van der Waals surface area contributed by atoms with Gasteiger partial charge in [0.15, 0.2) is 9.84 Å². The summed E-state index contributed by atoms with van der Waals surface area (Å²) >= 11 is 3.14. The summed E-state index contributed by atoms with van der Waals surface area (Å²) in [4.78, 5) is 0. The Hall–Kier alpha value is -0.460. The van der Waals surface area contributed by atoms with Crippen molar-refractivity contribution in [2.45, 2.75) is 18.9 Å². The van der Waals surface area contributed by atoms with Crippen LogP contribution in [0.4, 0.5) is 4.39 Å². The zero-order valence-corrected chi connectivity index (χ0v) is 12.0. The van der Waals surface area contributed by atoms with Crippen molar-refractivity contribution < 1.29 is 17.9 Å². The van der Waals surface area contributed by atoms with E-state index in [4.69, 9.17) is 0 Å². The van der Waals surface area contributed by atoms with Crippen LogP contribution in [0.3, 0.4) is 0 Å². The van der Waals surface area contributed by atoms with Crippen LogP contribution >= 0.6 is 15.9 Å². The number of sulfone groups is 1. The summed E-state index contributed by atoms with van der Waals surface area (Å²) in [6, 6.07) is 4.63. The van der Waals surface area contributed by atoms with Crippen LogP contribution in [0.15, 0.2) is 22.7 Å². The lowest BCUT2D eigenvalue weighted by Crippen LogP contribution is -2.24. The van der Waals surface area contributed by atoms with Gasteiger partial charge in [-0.25, -0.2) is 12.8 Å². The number of rotatable bonds is 3. The molecule has 0 amide bonds. The molecule has 0 aromatic heterocycles. The monoisotopic (exact) mass is 336 g/mol. The van der Waals surface area contributed by atoms with E-state index in [0.29, 0.717) is 16.5 Å². The summed E-state index contributed by atoms with van der Waals surface area (Å²) in [7, 11) is -3.00. The van der Waals surface area contributed by atoms with Gasteiger partial charge in [0.1, 0.15) is 5.82 Å². The number of aliphatic hydroxyl groups is 1. The molecule has 18 heavy (non-hydrogen) atoms. The molecule has 2 rings (SSSR count). The van der Waals surface area contributed by atoms with Crippen molar-refractivity contribution in [1.82, 2.24) is 0 Å². The largest absolute Gasteiger partial charge is 0.392 e. The van der Waals surface area contributed by atoms with Crippen LogP contribution in [-0.4, -0.2) is 31.1 Å². The van der Waals surface area contributed by atoms with Crippen LogP contribution < -0.4 is 0 Å². The molecule has 3 nitrogen and oxygen atoms in total. The molecule has 0 spiro atoms. The summed E-state index contributed by atoms with van der Waals surface area (Å²) < 4.78 is 36.3. The molecule has 6 heteroatoms. The van der Waals surface area contributed by atoms with Crippen LogP contribution in [0, 0.1) is 11.7 Å². The molecule has 0 radical (unpaired) electrons. The maximum atomic E-state index is 13.3. The van der Waals surface area contributed by atoms with Gasteiger partial charge in [0.25, 0.3) is 0 Å². The second-order valence-electron chi connectivity index (χ2n) is 4.65. The summed E-state index contributed by atoms with van der Waals surface area (Å²) in [5, 5.41) is 10.0. The van der Waals surface area contributed by atoms with Crippen molar-refractivity contribution in [2.24, 2.45) is 5.92 Å². The quantitative estimate of drug-likeness (QED) is 0.917. The van der Waals surface area contributed by atoms with Gasteiger partial charge in [0, 0.05) is 5.92 Å². The van der Waals surface area contributed by atoms with Gasteiger partial charge in [-0.15, -0.1) is 0 Å². The number of halogens is 2. The molecule has 0 saturated carbocycles. The van der Waals surface area contributed by atoms with Gasteiger partial charge in [-0.3, -0.25) is 0 Å². The van der Waals surface area contributed by atoms with Crippen LogP contribution in [0.1, 0.15) is 12.0 Å². The average Bonchev–Trinajstić information content (AvgIpc) is 2.65. The second kappa shape index (κ2) is 5.27. The van der Waals surface area contributed by atoms with E-state index in [1.54, 1.807) is 12.1 Å². The molecular formula is C12H14BrFO3S. The van der Waals surface area contributed by atoms with Crippen LogP contribution in [0.2, 0.25) is 0 Å². The Kier molecular flexibility index (Phi) is 4.08. The van der Waals surface area contributed by atoms with E-state index in [9.17, 15) is 17.9 Å². The minimum absolute atomic E-state index is 0.0289. The molecule has 1 aromatic carbocycles. The number of hydrogen-bond acceptors (Lipinski definition) is 3. The molecule has 1 heterocycles. The molecule has 1 fully saturated rings. The van der Waals surface area contributed by atoms with Gasteiger partial charge in [-0.05, 0) is 40.4 Å². The molecular weight excluding hydrogens is 323 g/mol. The first-order valence-electron chi connectivity index (χ1n) is 5.70. The molecule has 0 aliphatic carbocycles. The summed E-state index contributed by atoms with van der Waals surface area (Å²) in [5.74, 6) is -0.455. The molecule has 1 aliphatic heterocycles. The third-order valence-corrected chi connectivity index (χ3v) is 5.95. The first kappa shape index (κ1) is 14.0. The van der Waals surface area contributed by atoms with Crippen LogP contribution in [-0.2, 0) is 16.3 Å². The SMILES string of the molecule is O=S1(=O)CCC(C(O)Cc2cccc(F)c2Br)C1. The standard InChI is InChI=1S/C12H14BrFO3S/c13-12-8(2-1-3-10(12)14)6-11(15)9-4-5-18(16,17)7-9/h1-3,9,11,15H,4-7H2. The smallest absolute Gasteiger partial charge is 0.150 e. The number of hydrogen-bond donors (Lipinski definition) is 1. The van der Waals surface area contributed by atoms with Gasteiger partial charge in [0.2, 0.25) is 0 Å². The van der Waals surface area contributed by atoms with E-state index in [1.165, 1.54) is 6.07 Å². The first-order chi connectivity index (χ1) is 8.39. The Morgan fingerprint density at radius 1 is 1.50 bits per heavy atom. The van der Waals surface area contributed by atoms with Crippen molar-refractivity contribution >= 4 is 25.8 Å². The maximum absolute atomic E-state index is 13.3. The molecule has 2 unspecified atom stereocenters. The van der Waals surface area contributed by atoms with Gasteiger partial charge in [0.05, 0.1) is 22.1 Å². The first-order valence-corrected chi connectivity index (χ1v) is 8.32. The highest BCUT2D eigenvalue weighted by Gasteiger charge is 2.33. The molecule has 2 atom stereocenters. The fraction of sp³-hybridized carbons (Fsp3) is 0.500. The van der Waals surface area contributed by atoms with Gasteiger partial charge >= 0.3 is 0 Å². The zero-order valence-electron chi connectivity index (χ0n) is 9.64. The number of benzene rings is 1. The third-order valence-electron chi connectivity index (χ3n) is 3.27. The lowest BCUT2D eigenvalue weighted by molar-refractivity contribution is 0.120. The Morgan fingerprint density at radius 3 is 2.83 bits per heavy atom. The van der Waals surface area contributed by atoms with E-state index in [0.717, 1.165) is 0 Å². The maximum Gasteiger partial charge on any atom is 0.150 e. The zero-order chi connectivity index (χ0) is 13.3. The Morgan fingerprint density at radius 2 is 2.22 bits per heavy atom. The van der Waals surface area contributed by atoms with Crippen molar-refractivity contribution in [3.05, 3.63) is 34.1 Å². The summed E-state index contributed by atoms with van der Waals surface area (Å²) in [5.41, 5.74) is 0.659. The lowest BCUT2D eigenvalue weighted by atomic mass is 9.96. The minimum Gasteiger partial charge on any atom is -0.392 e. The Bertz CT molecular complexity index is 544. The van der Waals surface area contributed by atoms with Crippen molar-refractivity contribution in [1.29, 1.82) is 0 Å². The molecule has 1 N–H and O–H groups in total. The molecule has 0 bridgehead atoms. The van der Waals surface area contributed by atoms with Crippen molar-refractivity contribution in [3.8, 4) is 0 Å². The van der Waals surface area contributed by atoms with E-state index in [-0.39, 0.29) is 29.7 Å². The summed E-state index contributed by atoms with van der Waals surface area (Å²) in [6.07, 6.45) is -0.00465. The fourth-order valence-corrected chi connectivity index (χ4v) is 4.52. The van der Waals surface area contributed by atoms with E-state index < -0.39 is 15.9 Å². The molecule has 1 aliphatic rings. The van der Waals surface area contributed by atoms with Gasteiger partial charge < -0.3 is 5.11 Å². The molecule has 1 saturated heterocycles.